The summed E-state index contributed by atoms with van der Waals surface area (Å²) in [6, 6.07) is 0.154. The number of piperidine rings is 1. The normalized spacial score (nSPS) is 22.2. The highest BCUT2D eigenvalue weighted by Gasteiger charge is 2.45. The van der Waals surface area contributed by atoms with E-state index in [4.69, 9.17) is 0 Å². The first-order valence-corrected chi connectivity index (χ1v) is 8.47. The van der Waals surface area contributed by atoms with Gasteiger partial charge in [-0.2, -0.15) is 5.06 Å². The number of hydrogen-bond donors (Lipinski definition) is 2. The summed E-state index contributed by atoms with van der Waals surface area (Å²) in [6.45, 7) is 10.3. The molecule has 1 aliphatic heterocycles. The summed E-state index contributed by atoms with van der Waals surface area (Å²) in [5, 5.41) is 14.9. The summed E-state index contributed by atoms with van der Waals surface area (Å²) in [4.78, 5) is 12.1. The third-order valence-corrected chi connectivity index (χ3v) is 4.51. The maximum Gasteiger partial charge on any atom is 0.220 e. The van der Waals surface area contributed by atoms with E-state index in [1.54, 1.807) is 0 Å². The van der Waals surface area contributed by atoms with E-state index in [0.29, 0.717) is 6.42 Å². The molecule has 0 spiro atoms. The minimum Gasteiger partial charge on any atom is -0.353 e. The molecule has 124 valence electrons. The van der Waals surface area contributed by atoms with Gasteiger partial charge in [0, 0.05) is 23.5 Å². The molecule has 0 saturated carbocycles. The summed E-state index contributed by atoms with van der Waals surface area (Å²) in [7, 11) is 0. The summed E-state index contributed by atoms with van der Waals surface area (Å²) in [6.07, 6.45) is 8.06. The van der Waals surface area contributed by atoms with Gasteiger partial charge in [-0.3, -0.25) is 4.79 Å². The standard InChI is InChI=1S/C17H34N2O2/c1-6-7-8-9-10-11-15(20)18-14-12-16(2,3)19(21)17(4,5)13-14/h14,21H,6-13H2,1-5H3,(H,18,20). The molecule has 0 unspecified atom stereocenters. The van der Waals surface area contributed by atoms with Crippen LogP contribution in [0.3, 0.4) is 0 Å². The van der Waals surface area contributed by atoms with Crippen LogP contribution in [0, 0.1) is 0 Å². The molecule has 1 fully saturated rings. The van der Waals surface area contributed by atoms with Crippen molar-refractivity contribution in [3.63, 3.8) is 0 Å². The molecule has 0 aromatic carbocycles. The number of unbranched alkanes of at least 4 members (excludes halogenated alkanes) is 4. The van der Waals surface area contributed by atoms with Crippen molar-refractivity contribution in [2.45, 2.75) is 103 Å². The third kappa shape index (κ3) is 5.59. The number of carbonyl (C=O) groups excluding carboxylic acids is 1. The van der Waals surface area contributed by atoms with Crippen LogP contribution in [0.25, 0.3) is 0 Å². The molecule has 0 atom stereocenters. The van der Waals surface area contributed by atoms with E-state index in [-0.39, 0.29) is 23.0 Å². The van der Waals surface area contributed by atoms with Crippen molar-refractivity contribution in [2.75, 3.05) is 0 Å². The van der Waals surface area contributed by atoms with E-state index < -0.39 is 0 Å². The van der Waals surface area contributed by atoms with Gasteiger partial charge in [-0.05, 0) is 47.0 Å². The Bertz CT molecular complexity index is 322. The Morgan fingerprint density at radius 2 is 1.62 bits per heavy atom. The highest BCUT2D eigenvalue weighted by Crippen LogP contribution is 2.36. The molecule has 4 heteroatoms. The Kier molecular flexibility index (Phi) is 6.67. The number of rotatable bonds is 7. The van der Waals surface area contributed by atoms with Gasteiger partial charge < -0.3 is 10.5 Å². The second-order valence-corrected chi connectivity index (χ2v) is 7.77. The molecule has 0 aliphatic carbocycles. The number of carbonyl (C=O) groups is 1. The Morgan fingerprint density at radius 1 is 1.10 bits per heavy atom. The fraction of sp³-hybridized carbons (Fsp3) is 0.941. The van der Waals surface area contributed by atoms with Crippen LogP contribution < -0.4 is 5.32 Å². The van der Waals surface area contributed by atoms with Gasteiger partial charge in [-0.25, -0.2) is 0 Å². The zero-order valence-electron chi connectivity index (χ0n) is 14.5. The average molecular weight is 298 g/mol. The number of hydroxylamine groups is 2. The molecule has 1 aliphatic rings. The molecular formula is C17H34N2O2. The predicted molar refractivity (Wildman–Crippen MR) is 86.3 cm³/mol. The fourth-order valence-corrected chi connectivity index (χ4v) is 3.56. The first-order valence-electron chi connectivity index (χ1n) is 8.47. The average Bonchev–Trinajstić information content (AvgIpc) is 2.35. The van der Waals surface area contributed by atoms with E-state index in [9.17, 15) is 10.0 Å². The molecule has 4 nitrogen and oxygen atoms in total. The lowest BCUT2D eigenvalue weighted by Crippen LogP contribution is -2.62. The van der Waals surface area contributed by atoms with Gasteiger partial charge in [0.15, 0.2) is 0 Å². The van der Waals surface area contributed by atoms with Crippen LogP contribution in [-0.4, -0.2) is 33.3 Å². The number of nitrogens with one attached hydrogen (secondary N) is 1. The lowest BCUT2D eigenvalue weighted by atomic mass is 9.79. The van der Waals surface area contributed by atoms with E-state index >= 15 is 0 Å². The van der Waals surface area contributed by atoms with Crippen LogP contribution in [0.1, 0.15) is 86.0 Å². The van der Waals surface area contributed by atoms with Crippen molar-refractivity contribution >= 4 is 5.91 Å². The molecule has 21 heavy (non-hydrogen) atoms. The second-order valence-electron chi connectivity index (χ2n) is 7.77. The summed E-state index contributed by atoms with van der Waals surface area (Å²) >= 11 is 0. The van der Waals surface area contributed by atoms with Crippen LogP contribution in [0.5, 0.6) is 0 Å². The zero-order chi connectivity index (χ0) is 16.1. The maximum absolute atomic E-state index is 12.1. The first kappa shape index (κ1) is 18.4. The monoisotopic (exact) mass is 298 g/mol. The van der Waals surface area contributed by atoms with Crippen LogP contribution in [0.15, 0.2) is 0 Å². The maximum atomic E-state index is 12.1. The minimum absolute atomic E-state index is 0.154. The van der Waals surface area contributed by atoms with Crippen molar-refractivity contribution in [2.24, 2.45) is 0 Å². The molecule has 0 aromatic rings. The van der Waals surface area contributed by atoms with Crippen LogP contribution in [0.2, 0.25) is 0 Å². The van der Waals surface area contributed by atoms with Crippen molar-refractivity contribution in [1.29, 1.82) is 0 Å². The number of hydrogen-bond acceptors (Lipinski definition) is 3. The van der Waals surface area contributed by atoms with Gasteiger partial charge in [-0.15, -0.1) is 0 Å². The van der Waals surface area contributed by atoms with E-state index in [2.05, 4.69) is 12.2 Å². The van der Waals surface area contributed by atoms with Crippen molar-refractivity contribution in [1.82, 2.24) is 10.4 Å². The topological polar surface area (TPSA) is 52.6 Å². The van der Waals surface area contributed by atoms with Crippen LogP contribution in [0.4, 0.5) is 0 Å². The summed E-state index contributed by atoms with van der Waals surface area (Å²) in [5.41, 5.74) is -0.609. The Balaban J connectivity index is 2.39. The number of nitrogens with zero attached hydrogens (tertiary/aromatic N) is 1. The van der Waals surface area contributed by atoms with E-state index in [0.717, 1.165) is 25.7 Å². The van der Waals surface area contributed by atoms with Crippen molar-refractivity contribution in [3.05, 3.63) is 0 Å². The van der Waals surface area contributed by atoms with Gasteiger partial charge >= 0.3 is 0 Å². The van der Waals surface area contributed by atoms with Crippen molar-refractivity contribution in [3.8, 4) is 0 Å². The van der Waals surface area contributed by atoms with Crippen LogP contribution >= 0.6 is 0 Å². The Hall–Kier alpha value is -0.610. The highest BCUT2D eigenvalue weighted by atomic mass is 16.5. The Labute approximate surface area is 130 Å². The SMILES string of the molecule is CCCCCCCC(=O)NC1CC(C)(C)N(O)C(C)(C)C1. The van der Waals surface area contributed by atoms with Gasteiger partial charge in [0.1, 0.15) is 0 Å². The van der Waals surface area contributed by atoms with Gasteiger partial charge in [0.05, 0.1) is 0 Å². The summed E-state index contributed by atoms with van der Waals surface area (Å²) < 4.78 is 0. The fourth-order valence-electron chi connectivity index (χ4n) is 3.56. The van der Waals surface area contributed by atoms with Gasteiger partial charge in [0.2, 0.25) is 5.91 Å². The highest BCUT2D eigenvalue weighted by molar-refractivity contribution is 5.76. The molecule has 0 bridgehead atoms. The molecule has 1 amide bonds. The lowest BCUT2D eigenvalue weighted by molar-refractivity contribution is -0.246. The molecular weight excluding hydrogens is 264 g/mol. The molecule has 2 N–H and O–H groups in total. The molecule has 1 heterocycles. The van der Waals surface area contributed by atoms with Crippen LogP contribution in [-0.2, 0) is 4.79 Å². The summed E-state index contributed by atoms with van der Waals surface area (Å²) in [5.74, 6) is 0.162. The van der Waals surface area contributed by atoms with E-state index in [1.165, 1.54) is 24.3 Å². The third-order valence-electron chi connectivity index (χ3n) is 4.51. The van der Waals surface area contributed by atoms with E-state index in [1.807, 2.05) is 27.7 Å². The zero-order valence-corrected chi connectivity index (χ0v) is 14.5. The van der Waals surface area contributed by atoms with Crippen molar-refractivity contribution < 1.29 is 10.0 Å². The largest absolute Gasteiger partial charge is 0.353 e. The predicted octanol–water partition coefficient (Wildman–Crippen LogP) is 3.87. The van der Waals surface area contributed by atoms with Gasteiger partial charge in [-0.1, -0.05) is 32.6 Å². The first-order chi connectivity index (χ1) is 9.69. The van der Waals surface area contributed by atoms with Gasteiger partial charge in [0.25, 0.3) is 0 Å². The quantitative estimate of drug-likeness (QED) is 0.701. The number of amides is 1. The molecule has 0 radical (unpaired) electrons. The molecule has 0 aromatic heterocycles. The minimum atomic E-state index is -0.305. The molecule has 1 rings (SSSR count). The Morgan fingerprint density at radius 3 is 2.14 bits per heavy atom. The smallest absolute Gasteiger partial charge is 0.220 e. The second kappa shape index (κ2) is 7.59. The lowest BCUT2D eigenvalue weighted by Gasteiger charge is -2.51. The molecule has 1 saturated heterocycles.